The maximum atomic E-state index is 5.38. The van der Waals surface area contributed by atoms with Crippen molar-refractivity contribution in [3.05, 3.63) is 17.7 Å². The summed E-state index contributed by atoms with van der Waals surface area (Å²) in [5.41, 5.74) is 1.16. The zero-order valence-electron chi connectivity index (χ0n) is 13.1. The predicted molar refractivity (Wildman–Crippen MR) is 90.1 cm³/mol. The van der Waals surface area contributed by atoms with E-state index in [0.717, 1.165) is 12.1 Å². The largest absolute Gasteiger partial charge is 0.493 e. The second kappa shape index (κ2) is 9.15. The van der Waals surface area contributed by atoms with Gasteiger partial charge in [-0.15, -0.1) is 17.0 Å². The van der Waals surface area contributed by atoms with Gasteiger partial charge in [0.25, 0.3) is 0 Å². The maximum absolute atomic E-state index is 5.38. The highest BCUT2D eigenvalue weighted by atomic mass is 79.9. The number of hydrogen-bond acceptors (Lipinski definition) is 4. The summed E-state index contributed by atoms with van der Waals surface area (Å²) in [7, 11) is 4.92. The number of hydrogen-bond donors (Lipinski definition) is 1. The lowest BCUT2D eigenvalue weighted by atomic mass is 9.95. The average Bonchev–Trinajstić information content (AvgIpc) is 2.52. The van der Waals surface area contributed by atoms with E-state index in [9.17, 15) is 0 Å². The molecular weight excluding hydrogens is 334 g/mol. The number of halogens is 1. The third kappa shape index (κ3) is 4.78. The molecule has 21 heavy (non-hydrogen) atoms. The van der Waals surface area contributed by atoms with Crippen molar-refractivity contribution in [1.29, 1.82) is 0 Å². The Kier molecular flexibility index (Phi) is 7.89. The molecule has 1 N–H and O–H groups in total. The Hall–Kier alpha value is -0.940. The molecular formula is C16H26BrNO3. The van der Waals surface area contributed by atoms with Crippen LogP contribution in [0.3, 0.4) is 0 Å². The molecule has 0 unspecified atom stereocenters. The van der Waals surface area contributed by atoms with E-state index in [0.29, 0.717) is 23.3 Å². The Labute approximate surface area is 137 Å². The summed E-state index contributed by atoms with van der Waals surface area (Å²) in [4.78, 5) is 0. The summed E-state index contributed by atoms with van der Waals surface area (Å²) in [5, 5.41) is 3.63. The molecule has 0 spiro atoms. The number of ether oxygens (including phenoxy) is 3. The lowest BCUT2D eigenvalue weighted by Gasteiger charge is -2.23. The molecule has 1 aromatic rings. The second-order valence-corrected chi connectivity index (χ2v) is 5.25. The van der Waals surface area contributed by atoms with Crippen LogP contribution in [-0.4, -0.2) is 27.4 Å². The zero-order valence-corrected chi connectivity index (χ0v) is 14.8. The third-order valence-electron chi connectivity index (χ3n) is 3.92. The van der Waals surface area contributed by atoms with E-state index in [-0.39, 0.29) is 17.0 Å². The van der Waals surface area contributed by atoms with Crippen LogP contribution in [0.2, 0.25) is 0 Å². The van der Waals surface area contributed by atoms with Crippen LogP contribution in [-0.2, 0) is 6.54 Å². The first kappa shape index (κ1) is 18.1. The van der Waals surface area contributed by atoms with E-state index in [1.54, 1.807) is 21.3 Å². The molecule has 1 fully saturated rings. The fourth-order valence-electron chi connectivity index (χ4n) is 2.81. The summed E-state index contributed by atoms with van der Waals surface area (Å²) in [6.45, 7) is 0.835. The number of nitrogens with one attached hydrogen (secondary N) is 1. The molecule has 1 aliphatic carbocycles. The van der Waals surface area contributed by atoms with E-state index in [2.05, 4.69) is 5.32 Å². The molecule has 4 nitrogen and oxygen atoms in total. The van der Waals surface area contributed by atoms with E-state index >= 15 is 0 Å². The van der Waals surface area contributed by atoms with Gasteiger partial charge in [-0.25, -0.2) is 0 Å². The van der Waals surface area contributed by atoms with Crippen molar-refractivity contribution in [3.8, 4) is 17.2 Å². The minimum atomic E-state index is 0. The Bertz CT molecular complexity index is 409. The lowest BCUT2D eigenvalue weighted by molar-refractivity contribution is 0.323. The van der Waals surface area contributed by atoms with Crippen LogP contribution in [0, 0.1) is 0 Å². The minimum Gasteiger partial charge on any atom is -0.493 e. The van der Waals surface area contributed by atoms with Gasteiger partial charge in [0.2, 0.25) is 5.75 Å². The first-order chi connectivity index (χ1) is 9.78. The Morgan fingerprint density at radius 1 is 0.952 bits per heavy atom. The molecule has 1 aromatic carbocycles. The summed E-state index contributed by atoms with van der Waals surface area (Å²) >= 11 is 0. The lowest BCUT2D eigenvalue weighted by Crippen LogP contribution is -2.30. The van der Waals surface area contributed by atoms with Crippen LogP contribution in [0.15, 0.2) is 12.1 Å². The molecule has 120 valence electrons. The monoisotopic (exact) mass is 359 g/mol. The molecule has 0 aromatic heterocycles. The fraction of sp³-hybridized carbons (Fsp3) is 0.625. The molecule has 0 aliphatic heterocycles. The summed E-state index contributed by atoms with van der Waals surface area (Å²) in [6.07, 6.45) is 6.62. The standard InChI is InChI=1S/C16H25NO3.BrH/c1-18-14-9-12(10-15(19-2)16(14)20-3)11-17-13-7-5-4-6-8-13;/h9-10,13,17H,4-8,11H2,1-3H3;1H. The van der Waals surface area contributed by atoms with Crippen molar-refractivity contribution in [2.45, 2.75) is 44.7 Å². The van der Waals surface area contributed by atoms with Gasteiger partial charge in [0, 0.05) is 12.6 Å². The first-order valence-corrected chi connectivity index (χ1v) is 7.30. The third-order valence-corrected chi connectivity index (χ3v) is 3.92. The second-order valence-electron chi connectivity index (χ2n) is 5.25. The van der Waals surface area contributed by atoms with Crippen molar-refractivity contribution in [1.82, 2.24) is 5.32 Å². The van der Waals surface area contributed by atoms with E-state index < -0.39 is 0 Å². The summed E-state index contributed by atoms with van der Waals surface area (Å²) < 4.78 is 16.1. The fourth-order valence-corrected chi connectivity index (χ4v) is 2.81. The van der Waals surface area contributed by atoms with Gasteiger partial charge in [-0.05, 0) is 30.5 Å². The molecule has 1 saturated carbocycles. The van der Waals surface area contributed by atoms with Crippen LogP contribution in [0.5, 0.6) is 17.2 Å². The van der Waals surface area contributed by atoms with Gasteiger partial charge in [0.1, 0.15) is 0 Å². The molecule has 2 rings (SSSR count). The van der Waals surface area contributed by atoms with Crippen LogP contribution >= 0.6 is 17.0 Å². The van der Waals surface area contributed by atoms with E-state index in [1.807, 2.05) is 12.1 Å². The SMILES string of the molecule is Br.COc1cc(CNC2CCCCC2)cc(OC)c1OC. The first-order valence-electron chi connectivity index (χ1n) is 7.30. The maximum Gasteiger partial charge on any atom is 0.203 e. The normalized spacial score (nSPS) is 15.2. The highest BCUT2D eigenvalue weighted by Crippen LogP contribution is 2.38. The molecule has 0 amide bonds. The molecule has 0 radical (unpaired) electrons. The molecule has 1 aliphatic rings. The topological polar surface area (TPSA) is 39.7 Å². The Morgan fingerprint density at radius 3 is 2.00 bits per heavy atom. The van der Waals surface area contributed by atoms with Gasteiger partial charge in [-0.1, -0.05) is 19.3 Å². The number of methoxy groups -OCH3 is 3. The zero-order chi connectivity index (χ0) is 14.4. The van der Waals surface area contributed by atoms with Gasteiger partial charge < -0.3 is 19.5 Å². The van der Waals surface area contributed by atoms with Crippen LogP contribution in [0.4, 0.5) is 0 Å². The summed E-state index contributed by atoms with van der Waals surface area (Å²) in [6, 6.07) is 4.66. The Morgan fingerprint density at radius 2 is 1.52 bits per heavy atom. The number of rotatable bonds is 6. The molecule has 0 atom stereocenters. The quantitative estimate of drug-likeness (QED) is 0.840. The van der Waals surface area contributed by atoms with Gasteiger partial charge in [-0.2, -0.15) is 0 Å². The van der Waals surface area contributed by atoms with Crippen LogP contribution < -0.4 is 19.5 Å². The molecule has 0 saturated heterocycles. The van der Waals surface area contributed by atoms with Gasteiger partial charge in [0.15, 0.2) is 11.5 Å². The molecule has 0 heterocycles. The highest BCUT2D eigenvalue weighted by molar-refractivity contribution is 8.93. The van der Waals surface area contributed by atoms with Crippen molar-refractivity contribution in [2.24, 2.45) is 0 Å². The smallest absolute Gasteiger partial charge is 0.203 e. The number of benzene rings is 1. The van der Waals surface area contributed by atoms with Crippen molar-refractivity contribution >= 4 is 17.0 Å². The molecule has 0 bridgehead atoms. The predicted octanol–water partition coefficient (Wildman–Crippen LogP) is 3.71. The summed E-state index contributed by atoms with van der Waals surface area (Å²) in [5.74, 6) is 2.08. The van der Waals surface area contributed by atoms with Crippen molar-refractivity contribution in [3.63, 3.8) is 0 Å². The van der Waals surface area contributed by atoms with Gasteiger partial charge in [0.05, 0.1) is 21.3 Å². The Balaban J connectivity index is 0.00000220. The van der Waals surface area contributed by atoms with Gasteiger partial charge >= 0.3 is 0 Å². The molecule has 5 heteroatoms. The average molecular weight is 360 g/mol. The van der Waals surface area contributed by atoms with Crippen molar-refractivity contribution < 1.29 is 14.2 Å². The van der Waals surface area contributed by atoms with Gasteiger partial charge in [-0.3, -0.25) is 0 Å². The van der Waals surface area contributed by atoms with E-state index in [1.165, 1.54) is 32.1 Å². The van der Waals surface area contributed by atoms with Crippen LogP contribution in [0.25, 0.3) is 0 Å². The van der Waals surface area contributed by atoms with Crippen molar-refractivity contribution in [2.75, 3.05) is 21.3 Å². The van der Waals surface area contributed by atoms with E-state index in [4.69, 9.17) is 14.2 Å². The minimum absolute atomic E-state index is 0. The van der Waals surface area contributed by atoms with Crippen LogP contribution in [0.1, 0.15) is 37.7 Å². The highest BCUT2D eigenvalue weighted by Gasteiger charge is 2.15.